The summed E-state index contributed by atoms with van der Waals surface area (Å²) in [5.74, 6) is 0. The molecule has 4 nitrogen and oxygen atoms in total. The molecule has 6 heteroatoms. The van der Waals surface area contributed by atoms with Crippen molar-refractivity contribution in [1.82, 2.24) is 15.1 Å². The topological polar surface area (TPSA) is 41.0 Å². The van der Waals surface area contributed by atoms with Gasteiger partial charge in [0, 0.05) is 29.6 Å². The number of rotatable bonds is 3. The van der Waals surface area contributed by atoms with E-state index < -0.39 is 0 Å². The van der Waals surface area contributed by atoms with Gasteiger partial charge in [-0.25, -0.2) is 0 Å². The van der Waals surface area contributed by atoms with Crippen LogP contribution in [0.1, 0.15) is 0 Å². The monoisotopic (exact) mass is 290 g/mol. The number of aromatic nitrogens is 2. The summed E-state index contributed by atoms with van der Waals surface area (Å²) in [5.41, 5.74) is 0.978. The van der Waals surface area contributed by atoms with Gasteiger partial charge in [0.2, 0.25) is 0 Å². The third-order valence-electron chi connectivity index (χ3n) is 2.28. The molecular formula is C13H14N4S2. The number of benzene rings is 1. The zero-order chi connectivity index (χ0) is 13.7. The van der Waals surface area contributed by atoms with E-state index in [1.807, 2.05) is 37.2 Å². The molecule has 1 heterocycles. The van der Waals surface area contributed by atoms with Crippen LogP contribution in [0.4, 0.5) is 5.69 Å². The smallest absolute Gasteiger partial charge is 0.172 e. The molecule has 0 bridgehead atoms. The Kier molecular flexibility index (Phi) is 4.70. The second-order valence-electron chi connectivity index (χ2n) is 4.03. The summed E-state index contributed by atoms with van der Waals surface area (Å²) in [6.07, 6.45) is 3.43. The second-order valence-corrected chi connectivity index (χ2v) is 5.57. The van der Waals surface area contributed by atoms with E-state index in [0.717, 1.165) is 15.5 Å². The Morgan fingerprint density at radius 3 is 2.74 bits per heavy atom. The van der Waals surface area contributed by atoms with Crippen molar-refractivity contribution >= 4 is 34.8 Å². The van der Waals surface area contributed by atoms with Crippen molar-refractivity contribution in [3.05, 3.63) is 42.7 Å². The van der Waals surface area contributed by atoms with Gasteiger partial charge in [-0.3, -0.25) is 0 Å². The van der Waals surface area contributed by atoms with Gasteiger partial charge in [-0.15, -0.1) is 0 Å². The molecule has 98 valence electrons. The fraction of sp³-hybridized carbons (Fsp3) is 0.154. The molecule has 1 aromatic carbocycles. The summed E-state index contributed by atoms with van der Waals surface area (Å²) in [7, 11) is 3.83. The maximum absolute atomic E-state index is 5.22. The van der Waals surface area contributed by atoms with E-state index in [1.54, 1.807) is 24.2 Å². The van der Waals surface area contributed by atoms with Crippen molar-refractivity contribution in [3.8, 4) is 0 Å². The molecule has 2 rings (SSSR count). The molecule has 1 N–H and O–H groups in total. The molecule has 19 heavy (non-hydrogen) atoms. The zero-order valence-corrected chi connectivity index (χ0v) is 12.3. The third-order valence-corrected chi connectivity index (χ3v) is 3.72. The Labute approximate surface area is 122 Å². The van der Waals surface area contributed by atoms with Crippen LogP contribution >= 0.6 is 24.0 Å². The van der Waals surface area contributed by atoms with Gasteiger partial charge in [0.05, 0.1) is 12.4 Å². The molecule has 0 fully saturated rings. The Hall–Kier alpha value is -1.66. The van der Waals surface area contributed by atoms with Crippen LogP contribution in [0.3, 0.4) is 0 Å². The molecule has 0 aliphatic heterocycles. The minimum Gasteiger partial charge on any atom is -0.355 e. The minimum atomic E-state index is 0.688. The molecule has 0 atom stereocenters. The van der Waals surface area contributed by atoms with Crippen LogP contribution in [0.25, 0.3) is 0 Å². The first-order chi connectivity index (χ1) is 9.15. The van der Waals surface area contributed by atoms with Crippen molar-refractivity contribution < 1.29 is 0 Å². The number of hydrogen-bond acceptors (Lipinski definition) is 4. The first kappa shape index (κ1) is 13.8. The van der Waals surface area contributed by atoms with E-state index in [-0.39, 0.29) is 0 Å². The molecule has 0 amide bonds. The van der Waals surface area contributed by atoms with E-state index in [0.29, 0.717) is 5.11 Å². The van der Waals surface area contributed by atoms with Crippen LogP contribution in [0.2, 0.25) is 0 Å². The zero-order valence-electron chi connectivity index (χ0n) is 10.7. The highest BCUT2D eigenvalue weighted by atomic mass is 32.2. The summed E-state index contributed by atoms with van der Waals surface area (Å²) in [4.78, 5) is 4.05. The van der Waals surface area contributed by atoms with E-state index >= 15 is 0 Å². The first-order valence-electron chi connectivity index (χ1n) is 5.68. The standard InChI is InChI=1S/C13H14N4S2/c1-17(2)13(18)16-10-4-3-5-11(8-10)19-12-6-7-14-15-9-12/h3-9H,1-2H3,(H,16,18). The summed E-state index contributed by atoms with van der Waals surface area (Å²) < 4.78 is 0. The van der Waals surface area contributed by atoms with Crippen molar-refractivity contribution in [2.45, 2.75) is 9.79 Å². The molecule has 0 aliphatic rings. The normalized spacial score (nSPS) is 10.0. The van der Waals surface area contributed by atoms with Crippen LogP contribution in [0, 0.1) is 0 Å². The van der Waals surface area contributed by atoms with Crippen LogP contribution in [-0.4, -0.2) is 34.3 Å². The molecular weight excluding hydrogens is 276 g/mol. The molecule has 0 saturated heterocycles. The van der Waals surface area contributed by atoms with Gasteiger partial charge in [-0.1, -0.05) is 17.8 Å². The Morgan fingerprint density at radius 1 is 1.21 bits per heavy atom. The average molecular weight is 290 g/mol. The van der Waals surface area contributed by atoms with Crippen LogP contribution in [0.5, 0.6) is 0 Å². The van der Waals surface area contributed by atoms with Crippen molar-refractivity contribution in [2.24, 2.45) is 0 Å². The lowest BCUT2D eigenvalue weighted by Crippen LogP contribution is -2.26. The average Bonchev–Trinajstić information content (AvgIpc) is 2.40. The van der Waals surface area contributed by atoms with E-state index in [4.69, 9.17) is 12.2 Å². The summed E-state index contributed by atoms with van der Waals surface area (Å²) in [6, 6.07) is 10.0. The fourth-order valence-corrected chi connectivity index (χ4v) is 2.30. The number of nitrogens with one attached hydrogen (secondary N) is 1. The predicted molar refractivity (Wildman–Crippen MR) is 82.5 cm³/mol. The highest BCUT2D eigenvalue weighted by Gasteiger charge is 2.02. The lowest BCUT2D eigenvalue weighted by Gasteiger charge is -2.15. The van der Waals surface area contributed by atoms with E-state index in [2.05, 4.69) is 27.6 Å². The molecule has 0 spiro atoms. The number of nitrogens with zero attached hydrogens (tertiary/aromatic N) is 3. The van der Waals surface area contributed by atoms with Crippen molar-refractivity contribution in [2.75, 3.05) is 19.4 Å². The first-order valence-corrected chi connectivity index (χ1v) is 6.90. The van der Waals surface area contributed by atoms with Gasteiger partial charge in [-0.05, 0) is 36.5 Å². The van der Waals surface area contributed by atoms with Crippen molar-refractivity contribution in [3.63, 3.8) is 0 Å². The van der Waals surface area contributed by atoms with Gasteiger partial charge >= 0.3 is 0 Å². The maximum Gasteiger partial charge on any atom is 0.172 e. The fourth-order valence-electron chi connectivity index (χ4n) is 1.35. The highest BCUT2D eigenvalue weighted by molar-refractivity contribution is 7.99. The van der Waals surface area contributed by atoms with Crippen LogP contribution < -0.4 is 5.32 Å². The highest BCUT2D eigenvalue weighted by Crippen LogP contribution is 2.28. The lowest BCUT2D eigenvalue weighted by molar-refractivity contribution is 0.634. The molecule has 0 aliphatic carbocycles. The van der Waals surface area contributed by atoms with E-state index in [9.17, 15) is 0 Å². The van der Waals surface area contributed by atoms with Crippen LogP contribution in [-0.2, 0) is 0 Å². The lowest BCUT2D eigenvalue weighted by atomic mass is 10.3. The van der Waals surface area contributed by atoms with Gasteiger partial charge in [0.15, 0.2) is 5.11 Å². The Balaban J connectivity index is 2.09. The largest absolute Gasteiger partial charge is 0.355 e. The molecule has 2 aromatic rings. The van der Waals surface area contributed by atoms with E-state index in [1.165, 1.54) is 0 Å². The van der Waals surface area contributed by atoms with Gasteiger partial charge in [0.25, 0.3) is 0 Å². The van der Waals surface area contributed by atoms with Gasteiger partial charge < -0.3 is 10.2 Å². The van der Waals surface area contributed by atoms with Gasteiger partial charge in [0.1, 0.15) is 0 Å². The summed E-state index contributed by atoms with van der Waals surface area (Å²) >= 11 is 6.86. The van der Waals surface area contributed by atoms with Gasteiger partial charge in [-0.2, -0.15) is 10.2 Å². The quantitative estimate of drug-likeness (QED) is 0.877. The molecule has 1 aromatic heterocycles. The number of thiocarbonyl (C=S) groups is 1. The van der Waals surface area contributed by atoms with Crippen LogP contribution in [0.15, 0.2) is 52.5 Å². The van der Waals surface area contributed by atoms with Crippen molar-refractivity contribution in [1.29, 1.82) is 0 Å². The number of anilines is 1. The molecule has 0 radical (unpaired) electrons. The Bertz CT molecular complexity index is 558. The molecule has 0 saturated carbocycles. The minimum absolute atomic E-state index is 0.688. The second kappa shape index (κ2) is 6.49. The predicted octanol–water partition coefficient (Wildman–Crippen LogP) is 2.89. The molecule has 0 unspecified atom stereocenters. The summed E-state index contributed by atoms with van der Waals surface area (Å²) in [6.45, 7) is 0. The third kappa shape index (κ3) is 4.18. The maximum atomic E-state index is 5.22. The SMILES string of the molecule is CN(C)C(=S)Nc1cccc(Sc2ccnnc2)c1. The number of hydrogen-bond donors (Lipinski definition) is 1. The Morgan fingerprint density at radius 2 is 2.05 bits per heavy atom. The summed E-state index contributed by atoms with van der Waals surface area (Å²) in [5, 5.41) is 11.5.